The largest absolute Gasteiger partial charge is 0.352 e. The predicted octanol–water partition coefficient (Wildman–Crippen LogP) is 3.77. The molecule has 0 saturated heterocycles. The molecule has 2 amide bonds. The summed E-state index contributed by atoms with van der Waals surface area (Å²) in [5, 5.41) is 3.05. The molecule has 7 nitrogen and oxygen atoms in total. The van der Waals surface area contributed by atoms with E-state index in [0.29, 0.717) is 16.8 Å². The topological polar surface area (TPSA) is 86.8 Å². The number of sulfonamides is 1. The van der Waals surface area contributed by atoms with E-state index in [1.807, 2.05) is 0 Å². The number of nitrogens with one attached hydrogen (secondary N) is 1. The summed E-state index contributed by atoms with van der Waals surface area (Å²) in [6.07, 6.45) is 6.11. The highest BCUT2D eigenvalue weighted by Gasteiger charge is 2.31. The minimum atomic E-state index is -3.78. The Balaban J connectivity index is 1.87. The fraction of sp³-hybridized carbons (Fsp3) is 0.462. The summed E-state index contributed by atoms with van der Waals surface area (Å²) in [5.41, 5.74) is 1.75. The Bertz CT molecular complexity index is 1130. The molecule has 1 N–H and O–H groups in total. The first-order valence-corrected chi connectivity index (χ1v) is 13.8. The summed E-state index contributed by atoms with van der Waals surface area (Å²) in [5.74, 6) is -1.21. The quantitative estimate of drug-likeness (QED) is 0.565. The maximum absolute atomic E-state index is 13.6. The molecule has 2 aromatic rings. The van der Waals surface area contributed by atoms with E-state index in [1.54, 1.807) is 50.2 Å². The third-order valence-electron chi connectivity index (χ3n) is 6.45. The summed E-state index contributed by atoms with van der Waals surface area (Å²) >= 11 is 0. The van der Waals surface area contributed by atoms with Gasteiger partial charge in [-0.15, -0.1) is 0 Å². The highest BCUT2D eigenvalue weighted by molar-refractivity contribution is 7.92. The molecule has 0 spiro atoms. The number of carbonyl (C=O) groups excluding carboxylic acids is 2. The van der Waals surface area contributed by atoms with E-state index in [2.05, 4.69) is 5.32 Å². The van der Waals surface area contributed by atoms with Crippen molar-refractivity contribution in [2.45, 2.75) is 64.6 Å². The van der Waals surface area contributed by atoms with Crippen LogP contribution >= 0.6 is 0 Å². The van der Waals surface area contributed by atoms with Crippen molar-refractivity contribution in [3.63, 3.8) is 0 Å². The van der Waals surface area contributed by atoms with Crippen molar-refractivity contribution in [2.24, 2.45) is 0 Å². The Kier molecular flexibility index (Phi) is 8.88. The lowest BCUT2D eigenvalue weighted by atomic mass is 9.95. The van der Waals surface area contributed by atoms with Crippen LogP contribution in [0.5, 0.6) is 0 Å². The second-order valence-electron chi connectivity index (χ2n) is 9.22. The number of aryl methyl sites for hydroxylation is 1. The van der Waals surface area contributed by atoms with Crippen molar-refractivity contribution >= 4 is 27.5 Å². The maximum atomic E-state index is 13.6. The first-order chi connectivity index (χ1) is 16.6. The van der Waals surface area contributed by atoms with Gasteiger partial charge in [0.15, 0.2) is 0 Å². The standard InChI is InChI=1S/C26H34FN3O4S/c1-19-9-7-8-12-24(19)30(35(3,33)34)18-25(31)29(17-21-13-15-22(27)16-14-21)20(2)26(32)28-23-10-5-4-6-11-23/h7-9,12-16,20,23H,4-6,10-11,17-18H2,1-3H3,(H,28,32). The van der Waals surface area contributed by atoms with Gasteiger partial charge < -0.3 is 10.2 Å². The number of hydrogen-bond donors (Lipinski definition) is 1. The summed E-state index contributed by atoms with van der Waals surface area (Å²) in [6, 6.07) is 11.8. The van der Waals surface area contributed by atoms with Crippen molar-refractivity contribution in [3.05, 3.63) is 65.5 Å². The van der Waals surface area contributed by atoms with E-state index in [4.69, 9.17) is 0 Å². The van der Waals surface area contributed by atoms with Crippen LogP contribution in [0.4, 0.5) is 10.1 Å². The van der Waals surface area contributed by atoms with Crippen LogP contribution in [0.25, 0.3) is 0 Å². The van der Waals surface area contributed by atoms with Crippen molar-refractivity contribution < 1.29 is 22.4 Å². The molecular weight excluding hydrogens is 469 g/mol. The monoisotopic (exact) mass is 503 g/mol. The van der Waals surface area contributed by atoms with Crippen LogP contribution in [-0.4, -0.2) is 50.0 Å². The molecule has 190 valence electrons. The number of nitrogens with zero attached hydrogens (tertiary/aromatic N) is 2. The Hall–Kier alpha value is -2.94. The molecule has 9 heteroatoms. The van der Waals surface area contributed by atoms with Crippen LogP contribution in [0.1, 0.15) is 50.2 Å². The van der Waals surface area contributed by atoms with Gasteiger partial charge >= 0.3 is 0 Å². The van der Waals surface area contributed by atoms with Gasteiger partial charge in [-0.25, -0.2) is 12.8 Å². The zero-order valence-corrected chi connectivity index (χ0v) is 21.4. The third kappa shape index (κ3) is 7.27. The Morgan fingerprint density at radius 3 is 2.29 bits per heavy atom. The Labute approximate surface area is 207 Å². The number of amides is 2. The van der Waals surface area contributed by atoms with Gasteiger partial charge in [0.05, 0.1) is 11.9 Å². The lowest BCUT2D eigenvalue weighted by Gasteiger charge is -2.33. The normalized spacial score (nSPS) is 15.3. The molecule has 0 bridgehead atoms. The summed E-state index contributed by atoms with van der Waals surface area (Å²) in [7, 11) is -3.78. The first-order valence-electron chi connectivity index (χ1n) is 11.9. The second-order valence-corrected chi connectivity index (χ2v) is 11.1. The van der Waals surface area contributed by atoms with Gasteiger partial charge in [-0.3, -0.25) is 13.9 Å². The van der Waals surface area contributed by atoms with Gasteiger partial charge in [-0.05, 0) is 56.0 Å². The molecule has 0 aromatic heterocycles. The van der Waals surface area contributed by atoms with Crippen LogP contribution in [0.3, 0.4) is 0 Å². The molecule has 35 heavy (non-hydrogen) atoms. The number of para-hydroxylation sites is 1. The molecule has 2 aromatic carbocycles. The second kappa shape index (κ2) is 11.7. The fourth-order valence-electron chi connectivity index (χ4n) is 4.38. The molecule has 1 aliphatic carbocycles. The smallest absolute Gasteiger partial charge is 0.244 e. The zero-order chi connectivity index (χ0) is 25.6. The van der Waals surface area contributed by atoms with Crippen molar-refractivity contribution in [1.82, 2.24) is 10.2 Å². The van der Waals surface area contributed by atoms with Gasteiger partial charge in [0.25, 0.3) is 0 Å². The van der Waals surface area contributed by atoms with Gasteiger partial charge in [0.1, 0.15) is 18.4 Å². The molecule has 0 aliphatic heterocycles. The maximum Gasteiger partial charge on any atom is 0.244 e. The molecule has 1 aliphatic rings. The average Bonchev–Trinajstić information content (AvgIpc) is 2.82. The van der Waals surface area contributed by atoms with E-state index < -0.39 is 34.3 Å². The number of benzene rings is 2. The van der Waals surface area contributed by atoms with Crippen LogP contribution < -0.4 is 9.62 Å². The van der Waals surface area contributed by atoms with Gasteiger partial charge in [0, 0.05) is 12.6 Å². The molecule has 0 radical (unpaired) electrons. The molecule has 1 fully saturated rings. The molecule has 0 heterocycles. The summed E-state index contributed by atoms with van der Waals surface area (Å²) < 4.78 is 39.8. The SMILES string of the molecule is Cc1ccccc1N(CC(=O)N(Cc1ccc(F)cc1)C(C)C(=O)NC1CCCCC1)S(C)(=O)=O. The highest BCUT2D eigenvalue weighted by atomic mass is 32.2. The van der Waals surface area contributed by atoms with Crippen LogP contribution in [-0.2, 0) is 26.2 Å². The molecule has 1 unspecified atom stereocenters. The van der Waals surface area contributed by atoms with E-state index in [1.165, 1.54) is 17.0 Å². The van der Waals surface area contributed by atoms with Crippen molar-refractivity contribution in [3.8, 4) is 0 Å². The lowest BCUT2D eigenvalue weighted by molar-refractivity contribution is -0.139. The number of halogens is 1. The summed E-state index contributed by atoms with van der Waals surface area (Å²) in [4.78, 5) is 28.0. The fourth-order valence-corrected chi connectivity index (χ4v) is 5.28. The Morgan fingerprint density at radius 1 is 1.06 bits per heavy atom. The zero-order valence-electron chi connectivity index (χ0n) is 20.5. The highest BCUT2D eigenvalue weighted by Crippen LogP contribution is 2.23. The number of carbonyl (C=O) groups is 2. The number of anilines is 1. The van der Waals surface area contributed by atoms with E-state index in [9.17, 15) is 22.4 Å². The molecular formula is C26H34FN3O4S. The molecule has 1 saturated carbocycles. The molecule has 3 rings (SSSR count). The van der Waals surface area contributed by atoms with Gasteiger partial charge in [-0.1, -0.05) is 49.6 Å². The van der Waals surface area contributed by atoms with E-state index in [-0.39, 0.29) is 18.5 Å². The minimum absolute atomic E-state index is 0.0454. The Morgan fingerprint density at radius 2 is 1.69 bits per heavy atom. The average molecular weight is 504 g/mol. The van der Waals surface area contributed by atoms with E-state index in [0.717, 1.165) is 42.7 Å². The van der Waals surface area contributed by atoms with E-state index >= 15 is 0 Å². The predicted molar refractivity (Wildman–Crippen MR) is 135 cm³/mol. The van der Waals surface area contributed by atoms with Crippen LogP contribution in [0, 0.1) is 12.7 Å². The molecule has 1 atom stereocenters. The summed E-state index contributed by atoms with van der Waals surface area (Å²) in [6.45, 7) is 3.00. The minimum Gasteiger partial charge on any atom is -0.352 e. The van der Waals surface area contributed by atoms with Crippen LogP contribution in [0.15, 0.2) is 48.5 Å². The lowest BCUT2D eigenvalue weighted by Crippen LogP contribution is -2.53. The van der Waals surface area contributed by atoms with Crippen LogP contribution in [0.2, 0.25) is 0 Å². The van der Waals surface area contributed by atoms with Gasteiger partial charge in [0.2, 0.25) is 21.8 Å². The first kappa shape index (κ1) is 26.7. The third-order valence-corrected chi connectivity index (χ3v) is 7.57. The van der Waals surface area contributed by atoms with Crippen molar-refractivity contribution in [2.75, 3.05) is 17.1 Å². The van der Waals surface area contributed by atoms with Gasteiger partial charge in [-0.2, -0.15) is 0 Å². The van der Waals surface area contributed by atoms with Crippen molar-refractivity contribution in [1.29, 1.82) is 0 Å². The number of hydrogen-bond acceptors (Lipinski definition) is 4. The number of rotatable bonds is 9.